The normalized spacial score (nSPS) is 51.2. The summed E-state index contributed by atoms with van der Waals surface area (Å²) in [5, 5.41) is 18.2. The molecule has 0 aromatic heterocycles. The lowest BCUT2D eigenvalue weighted by Crippen LogP contribution is -2.40. The van der Waals surface area contributed by atoms with Gasteiger partial charge in [-0.2, -0.15) is 5.26 Å². The number of nitriles is 1. The van der Waals surface area contributed by atoms with E-state index in [9.17, 15) is 5.11 Å². The van der Waals surface area contributed by atoms with Crippen LogP contribution in [0.4, 0.5) is 0 Å². The van der Waals surface area contributed by atoms with Crippen molar-refractivity contribution in [1.29, 1.82) is 5.26 Å². The minimum atomic E-state index is -1.02. The molecule has 0 spiro atoms. The second-order valence-corrected chi connectivity index (χ2v) is 3.26. The van der Waals surface area contributed by atoms with Gasteiger partial charge in [0.25, 0.3) is 0 Å². The fourth-order valence-electron chi connectivity index (χ4n) is 1.96. The molecular weight excluding hydrogens is 128 g/mol. The molecule has 10 heavy (non-hydrogen) atoms. The minimum Gasteiger partial charge on any atom is -0.374 e. The predicted octanol–water partition coefficient (Wildman–Crippen LogP) is -0.423. The van der Waals surface area contributed by atoms with E-state index in [2.05, 4.69) is 4.90 Å². The SMILES string of the molecule is N#C[C@]1(O)CN2CC[C@H]1C2. The Bertz CT molecular complexity index is 198. The van der Waals surface area contributed by atoms with Gasteiger partial charge in [0.2, 0.25) is 0 Å². The molecule has 3 heteroatoms. The molecule has 0 aromatic rings. The lowest BCUT2D eigenvalue weighted by molar-refractivity contribution is 0.0485. The molecule has 2 aliphatic heterocycles. The third-order valence-corrected chi connectivity index (χ3v) is 2.61. The Labute approximate surface area is 59.9 Å². The Hall–Kier alpha value is -0.590. The summed E-state index contributed by atoms with van der Waals surface area (Å²) in [6.45, 7) is 2.55. The quantitative estimate of drug-likeness (QED) is 0.462. The van der Waals surface area contributed by atoms with E-state index in [4.69, 9.17) is 5.26 Å². The molecule has 3 atom stereocenters. The molecule has 2 aliphatic rings. The number of hydrogen-bond acceptors (Lipinski definition) is 3. The van der Waals surface area contributed by atoms with Crippen LogP contribution in [-0.4, -0.2) is 35.2 Å². The van der Waals surface area contributed by atoms with Gasteiger partial charge in [-0.25, -0.2) is 0 Å². The fourth-order valence-corrected chi connectivity index (χ4v) is 1.96. The number of hydrogen-bond donors (Lipinski definition) is 1. The van der Waals surface area contributed by atoms with E-state index in [1.165, 1.54) is 0 Å². The molecular formula is C7H10N2O. The molecule has 2 heterocycles. The zero-order valence-corrected chi connectivity index (χ0v) is 5.75. The van der Waals surface area contributed by atoms with Crippen molar-refractivity contribution in [2.75, 3.05) is 19.6 Å². The number of piperidine rings is 1. The van der Waals surface area contributed by atoms with Gasteiger partial charge >= 0.3 is 0 Å². The lowest BCUT2D eigenvalue weighted by Gasteiger charge is -2.24. The maximum Gasteiger partial charge on any atom is 0.167 e. The Morgan fingerprint density at radius 1 is 1.70 bits per heavy atom. The van der Waals surface area contributed by atoms with Gasteiger partial charge in [0.15, 0.2) is 5.60 Å². The minimum absolute atomic E-state index is 0.220. The van der Waals surface area contributed by atoms with Crippen LogP contribution in [0.25, 0.3) is 0 Å². The van der Waals surface area contributed by atoms with Crippen LogP contribution in [0.5, 0.6) is 0 Å². The summed E-state index contributed by atoms with van der Waals surface area (Å²) in [6.07, 6.45) is 0.990. The second kappa shape index (κ2) is 1.71. The van der Waals surface area contributed by atoms with Gasteiger partial charge < -0.3 is 5.11 Å². The van der Waals surface area contributed by atoms with Crippen molar-refractivity contribution in [3.05, 3.63) is 0 Å². The average Bonchev–Trinajstić information content (AvgIpc) is 2.46. The van der Waals surface area contributed by atoms with Crippen molar-refractivity contribution in [2.24, 2.45) is 5.92 Å². The highest BCUT2D eigenvalue weighted by Crippen LogP contribution is 2.35. The predicted molar refractivity (Wildman–Crippen MR) is 35.1 cm³/mol. The van der Waals surface area contributed by atoms with Gasteiger partial charge in [-0.1, -0.05) is 0 Å². The molecule has 0 aromatic carbocycles. The zero-order valence-electron chi connectivity index (χ0n) is 5.75. The zero-order chi connectivity index (χ0) is 7.19. The first-order valence-electron chi connectivity index (χ1n) is 3.60. The van der Waals surface area contributed by atoms with Crippen molar-refractivity contribution >= 4 is 0 Å². The van der Waals surface area contributed by atoms with Crippen LogP contribution in [0.1, 0.15) is 6.42 Å². The third-order valence-electron chi connectivity index (χ3n) is 2.61. The van der Waals surface area contributed by atoms with E-state index >= 15 is 0 Å². The number of aliphatic hydroxyl groups is 1. The molecule has 54 valence electrons. The van der Waals surface area contributed by atoms with E-state index in [-0.39, 0.29) is 5.92 Å². The summed E-state index contributed by atoms with van der Waals surface area (Å²) in [5.41, 5.74) is -1.02. The highest BCUT2D eigenvalue weighted by atomic mass is 16.3. The monoisotopic (exact) mass is 138 g/mol. The van der Waals surface area contributed by atoms with Gasteiger partial charge in [-0.05, 0) is 13.0 Å². The summed E-state index contributed by atoms with van der Waals surface area (Å²) < 4.78 is 0. The van der Waals surface area contributed by atoms with E-state index in [1.54, 1.807) is 0 Å². The molecule has 0 radical (unpaired) electrons. The maximum absolute atomic E-state index is 9.59. The van der Waals surface area contributed by atoms with Crippen LogP contribution in [0, 0.1) is 17.2 Å². The highest BCUT2D eigenvalue weighted by Gasteiger charge is 2.49. The maximum atomic E-state index is 9.59. The molecule has 0 aliphatic carbocycles. The molecule has 3 nitrogen and oxygen atoms in total. The summed E-state index contributed by atoms with van der Waals surface area (Å²) in [5.74, 6) is 0.220. The van der Waals surface area contributed by atoms with Crippen LogP contribution in [0.3, 0.4) is 0 Å². The van der Waals surface area contributed by atoms with Crippen molar-refractivity contribution < 1.29 is 5.11 Å². The van der Waals surface area contributed by atoms with Crippen LogP contribution in [0.15, 0.2) is 0 Å². The largest absolute Gasteiger partial charge is 0.374 e. The standard InChI is InChI=1S/C7H10N2O/c8-4-7(10)5-9-2-1-6(7)3-9/h6,10H,1-3,5H2/t6-,7-/m0/s1. The Kier molecular flexibility index (Phi) is 1.05. The summed E-state index contributed by atoms with van der Waals surface area (Å²) >= 11 is 0. The second-order valence-electron chi connectivity index (χ2n) is 3.26. The Balaban J connectivity index is 2.24. The highest BCUT2D eigenvalue weighted by molar-refractivity contribution is 5.14. The summed E-state index contributed by atoms with van der Waals surface area (Å²) in [6, 6.07) is 1.99. The van der Waals surface area contributed by atoms with Crippen molar-refractivity contribution in [2.45, 2.75) is 12.0 Å². The van der Waals surface area contributed by atoms with Crippen LogP contribution in [-0.2, 0) is 0 Å². The molecule has 2 rings (SSSR count). The van der Waals surface area contributed by atoms with Crippen LogP contribution < -0.4 is 0 Å². The molecule has 1 N–H and O–H groups in total. The summed E-state index contributed by atoms with van der Waals surface area (Å²) in [7, 11) is 0. The Morgan fingerprint density at radius 3 is 2.80 bits per heavy atom. The van der Waals surface area contributed by atoms with Gasteiger partial charge in [0.1, 0.15) is 0 Å². The van der Waals surface area contributed by atoms with Gasteiger partial charge in [0.05, 0.1) is 6.07 Å². The van der Waals surface area contributed by atoms with Crippen LogP contribution in [0.2, 0.25) is 0 Å². The number of fused-ring (bicyclic) bond motifs is 2. The number of nitrogens with zero attached hydrogens (tertiary/aromatic N) is 2. The number of rotatable bonds is 0. The average molecular weight is 138 g/mol. The first kappa shape index (κ1) is 6.14. The smallest absolute Gasteiger partial charge is 0.167 e. The first-order valence-corrected chi connectivity index (χ1v) is 3.60. The third kappa shape index (κ3) is 0.606. The Morgan fingerprint density at radius 2 is 2.50 bits per heavy atom. The fraction of sp³-hybridized carbons (Fsp3) is 0.857. The molecule has 0 saturated carbocycles. The topological polar surface area (TPSA) is 47.3 Å². The van der Waals surface area contributed by atoms with E-state index in [0.717, 1.165) is 19.5 Å². The van der Waals surface area contributed by atoms with E-state index in [1.807, 2.05) is 6.07 Å². The van der Waals surface area contributed by atoms with Crippen molar-refractivity contribution in [1.82, 2.24) is 4.90 Å². The molecule has 2 fully saturated rings. The molecule has 0 amide bonds. The summed E-state index contributed by atoms with van der Waals surface area (Å²) in [4.78, 5) is 2.15. The lowest BCUT2D eigenvalue weighted by atomic mass is 9.89. The van der Waals surface area contributed by atoms with Gasteiger partial charge in [-0.3, -0.25) is 4.90 Å². The first-order chi connectivity index (χ1) is 4.74. The van der Waals surface area contributed by atoms with Gasteiger partial charge in [-0.15, -0.1) is 0 Å². The van der Waals surface area contributed by atoms with E-state index < -0.39 is 5.60 Å². The van der Waals surface area contributed by atoms with Crippen LogP contribution >= 0.6 is 0 Å². The van der Waals surface area contributed by atoms with E-state index in [0.29, 0.717) is 6.54 Å². The molecule has 2 bridgehead atoms. The van der Waals surface area contributed by atoms with Gasteiger partial charge in [0, 0.05) is 19.0 Å². The molecule has 1 unspecified atom stereocenters. The molecule has 2 saturated heterocycles. The van der Waals surface area contributed by atoms with Crippen molar-refractivity contribution in [3.8, 4) is 6.07 Å². The van der Waals surface area contributed by atoms with Crippen molar-refractivity contribution in [3.63, 3.8) is 0 Å².